The van der Waals surface area contributed by atoms with Crippen molar-refractivity contribution < 1.29 is 4.79 Å². The number of aromatic nitrogens is 2. The minimum Gasteiger partial charge on any atom is -0.338 e. The fourth-order valence-electron chi connectivity index (χ4n) is 3.06. The summed E-state index contributed by atoms with van der Waals surface area (Å²) in [4.78, 5) is 14.6. The molecule has 1 atom stereocenters. The molecule has 0 bridgehead atoms. The molecule has 23 heavy (non-hydrogen) atoms. The van der Waals surface area contributed by atoms with Crippen LogP contribution in [0.25, 0.3) is 0 Å². The number of nitrogens with two attached hydrogens (primary N) is 1. The van der Waals surface area contributed by atoms with Gasteiger partial charge in [-0.15, -0.1) is 0 Å². The maximum absolute atomic E-state index is 12.7. The first-order valence-corrected chi connectivity index (χ1v) is 8.07. The SMILES string of the molecule is CC1(C)CN(C(=O)c2cnn(Cc3ccccc3)c2)CCC1N. The van der Waals surface area contributed by atoms with Crippen molar-refractivity contribution in [1.82, 2.24) is 14.7 Å². The molecule has 0 aliphatic carbocycles. The molecule has 1 unspecified atom stereocenters. The van der Waals surface area contributed by atoms with Crippen LogP contribution in [0.5, 0.6) is 0 Å². The minimum atomic E-state index is -0.0477. The molecule has 1 amide bonds. The zero-order valence-corrected chi connectivity index (χ0v) is 13.8. The molecule has 1 saturated heterocycles. The number of carbonyl (C=O) groups excluding carboxylic acids is 1. The van der Waals surface area contributed by atoms with E-state index >= 15 is 0 Å². The van der Waals surface area contributed by atoms with Crippen molar-refractivity contribution in [3.63, 3.8) is 0 Å². The number of likely N-dealkylation sites (tertiary alicyclic amines) is 1. The van der Waals surface area contributed by atoms with E-state index in [4.69, 9.17) is 5.73 Å². The quantitative estimate of drug-likeness (QED) is 0.944. The van der Waals surface area contributed by atoms with Gasteiger partial charge in [-0.2, -0.15) is 5.10 Å². The van der Waals surface area contributed by atoms with E-state index in [2.05, 4.69) is 31.1 Å². The summed E-state index contributed by atoms with van der Waals surface area (Å²) >= 11 is 0. The molecule has 1 aliphatic rings. The largest absolute Gasteiger partial charge is 0.338 e. The highest BCUT2D eigenvalue weighted by Crippen LogP contribution is 2.28. The van der Waals surface area contributed by atoms with Gasteiger partial charge in [-0.1, -0.05) is 44.2 Å². The van der Waals surface area contributed by atoms with Gasteiger partial charge in [0.2, 0.25) is 0 Å². The third-order valence-corrected chi connectivity index (χ3v) is 4.67. The Morgan fingerprint density at radius 2 is 2.09 bits per heavy atom. The molecule has 2 heterocycles. The van der Waals surface area contributed by atoms with Crippen molar-refractivity contribution in [2.45, 2.75) is 32.9 Å². The minimum absolute atomic E-state index is 0.0456. The van der Waals surface area contributed by atoms with E-state index in [9.17, 15) is 4.79 Å². The number of rotatable bonds is 3. The molecule has 0 saturated carbocycles. The third kappa shape index (κ3) is 3.45. The van der Waals surface area contributed by atoms with Gasteiger partial charge in [0.1, 0.15) is 0 Å². The lowest BCUT2D eigenvalue weighted by Gasteiger charge is -2.42. The summed E-state index contributed by atoms with van der Waals surface area (Å²) < 4.78 is 1.81. The van der Waals surface area contributed by atoms with Gasteiger partial charge in [-0.25, -0.2) is 0 Å². The summed E-state index contributed by atoms with van der Waals surface area (Å²) in [6, 6.07) is 10.3. The van der Waals surface area contributed by atoms with Crippen LogP contribution < -0.4 is 5.73 Å². The first kappa shape index (κ1) is 15.7. The molecule has 0 spiro atoms. The Labute approximate surface area is 137 Å². The van der Waals surface area contributed by atoms with Gasteiger partial charge in [0, 0.05) is 25.3 Å². The van der Waals surface area contributed by atoms with Gasteiger partial charge >= 0.3 is 0 Å². The summed E-state index contributed by atoms with van der Waals surface area (Å²) in [5, 5.41) is 4.32. The molecule has 2 N–H and O–H groups in total. The molecule has 1 fully saturated rings. The lowest BCUT2D eigenvalue weighted by atomic mass is 9.79. The monoisotopic (exact) mass is 312 g/mol. The smallest absolute Gasteiger partial charge is 0.257 e. The van der Waals surface area contributed by atoms with E-state index in [0.29, 0.717) is 25.2 Å². The van der Waals surface area contributed by atoms with Crippen molar-refractivity contribution in [2.24, 2.45) is 11.1 Å². The average molecular weight is 312 g/mol. The van der Waals surface area contributed by atoms with E-state index in [1.165, 1.54) is 5.56 Å². The first-order chi connectivity index (χ1) is 11.0. The third-order valence-electron chi connectivity index (χ3n) is 4.67. The lowest BCUT2D eigenvalue weighted by Crippen LogP contribution is -2.53. The number of benzene rings is 1. The molecule has 2 aromatic rings. The fraction of sp³-hybridized carbons (Fsp3) is 0.444. The highest BCUT2D eigenvalue weighted by Gasteiger charge is 2.35. The first-order valence-electron chi connectivity index (χ1n) is 8.07. The Balaban J connectivity index is 1.69. The summed E-state index contributed by atoms with van der Waals surface area (Å²) in [6.45, 7) is 6.32. The Morgan fingerprint density at radius 1 is 1.35 bits per heavy atom. The van der Waals surface area contributed by atoms with Crippen molar-refractivity contribution in [3.05, 3.63) is 53.9 Å². The van der Waals surface area contributed by atoms with Gasteiger partial charge < -0.3 is 10.6 Å². The van der Waals surface area contributed by atoms with Gasteiger partial charge in [0.25, 0.3) is 5.91 Å². The predicted octanol–water partition coefficient (Wildman–Crippen LogP) is 2.13. The second-order valence-corrected chi connectivity index (χ2v) is 7.02. The zero-order valence-electron chi connectivity index (χ0n) is 13.8. The zero-order chi connectivity index (χ0) is 16.4. The number of carbonyl (C=O) groups is 1. The molecule has 5 heteroatoms. The molecule has 1 aromatic heterocycles. The fourth-order valence-corrected chi connectivity index (χ4v) is 3.06. The number of hydrogen-bond donors (Lipinski definition) is 1. The number of amides is 1. The van der Waals surface area contributed by atoms with Crippen LogP contribution in [0.15, 0.2) is 42.7 Å². The molecule has 5 nitrogen and oxygen atoms in total. The maximum atomic E-state index is 12.7. The van der Waals surface area contributed by atoms with Crippen LogP contribution in [-0.2, 0) is 6.54 Å². The summed E-state index contributed by atoms with van der Waals surface area (Å²) in [7, 11) is 0. The van der Waals surface area contributed by atoms with Crippen molar-refractivity contribution >= 4 is 5.91 Å². The van der Waals surface area contributed by atoms with E-state index < -0.39 is 0 Å². The normalized spacial score (nSPS) is 20.5. The van der Waals surface area contributed by atoms with E-state index in [-0.39, 0.29) is 17.4 Å². The highest BCUT2D eigenvalue weighted by atomic mass is 16.2. The summed E-state index contributed by atoms with van der Waals surface area (Å²) in [5.41, 5.74) is 7.91. The molecule has 122 valence electrons. The van der Waals surface area contributed by atoms with Crippen LogP contribution in [0.3, 0.4) is 0 Å². The summed E-state index contributed by atoms with van der Waals surface area (Å²) in [5.74, 6) is 0.0456. The van der Waals surface area contributed by atoms with Crippen LogP contribution in [-0.4, -0.2) is 39.7 Å². The van der Waals surface area contributed by atoms with Gasteiger partial charge in [-0.3, -0.25) is 9.48 Å². The summed E-state index contributed by atoms with van der Waals surface area (Å²) in [6.07, 6.45) is 4.33. The van der Waals surface area contributed by atoms with Crippen molar-refractivity contribution in [1.29, 1.82) is 0 Å². The second kappa shape index (κ2) is 6.16. The maximum Gasteiger partial charge on any atom is 0.257 e. The predicted molar refractivity (Wildman–Crippen MR) is 90.0 cm³/mol. The van der Waals surface area contributed by atoms with Gasteiger partial charge in [0.15, 0.2) is 0 Å². The second-order valence-electron chi connectivity index (χ2n) is 7.02. The van der Waals surface area contributed by atoms with Crippen molar-refractivity contribution in [2.75, 3.05) is 13.1 Å². The number of piperidine rings is 1. The van der Waals surface area contributed by atoms with Crippen LogP contribution in [0, 0.1) is 5.41 Å². The molecule has 1 aliphatic heterocycles. The number of hydrogen-bond acceptors (Lipinski definition) is 3. The van der Waals surface area contributed by atoms with Crippen LogP contribution in [0.4, 0.5) is 0 Å². The van der Waals surface area contributed by atoms with E-state index in [0.717, 1.165) is 6.42 Å². The lowest BCUT2D eigenvalue weighted by molar-refractivity contribution is 0.0533. The number of nitrogens with zero attached hydrogens (tertiary/aromatic N) is 3. The van der Waals surface area contributed by atoms with Gasteiger partial charge in [-0.05, 0) is 17.4 Å². The molecule has 1 aromatic carbocycles. The van der Waals surface area contributed by atoms with Crippen LogP contribution in [0.2, 0.25) is 0 Å². The Kier molecular flexibility index (Phi) is 4.22. The highest BCUT2D eigenvalue weighted by molar-refractivity contribution is 5.93. The average Bonchev–Trinajstić information content (AvgIpc) is 2.98. The Morgan fingerprint density at radius 3 is 2.78 bits per heavy atom. The molecule has 3 rings (SSSR count). The Bertz CT molecular complexity index is 677. The molecular formula is C18H24N4O. The molecular weight excluding hydrogens is 288 g/mol. The Hall–Kier alpha value is -2.14. The molecule has 0 radical (unpaired) electrons. The van der Waals surface area contributed by atoms with E-state index in [1.807, 2.05) is 34.0 Å². The van der Waals surface area contributed by atoms with Gasteiger partial charge in [0.05, 0.1) is 18.3 Å². The topological polar surface area (TPSA) is 64.2 Å². The van der Waals surface area contributed by atoms with Crippen molar-refractivity contribution in [3.8, 4) is 0 Å². The van der Waals surface area contributed by atoms with Crippen LogP contribution >= 0.6 is 0 Å². The standard InChI is InChI=1S/C18H24N4O/c1-18(2)13-21(9-8-16(18)19)17(23)15-10-20-22(12-15)11-14-6-4-3-5-7-14/h3-7,10,12,16H,8-9,11,13,19H2,1-2H3. The van der Waals surface area contributed by atoms with Crippen LogP contribution in [0.1, 0.15) is 36.2 Å². The van der Waals surface area contributed by atoms with E-state index in [1.54, 1.807) is 6.20 Å².